The summed E-state index contributed by atoms with van der Waals surface area (Å²) in [4.78, 5) is 24.2. The molecule has 1 saturated carbocycles. The molecule has 114 valence electrons. The molecule has 0 spiro atoms. The average molecular weight is 290 g/mol. The molecule has 5 nitrogen and oxygen atoms in total. The Morgan fingerprint density at radius 2 is 2.14 bits per heavy atom. The second kappa shape index (κ2) is 5.85. The van der Waals surface area contributed by atoms with Crippen molar-refractivity contribution in [1.82, 2.24) is 0 Å². The van der Waals surface area contributed by atoms with Crippen LogP contribution in [0.25, 0.3) is 0 Å². The zero-order chi connectivity index (χ0) is 15.6. The molecule has 1 aliphatic rings. The maximum Gasteiger partial charge on any atom is 0.338 e. The highest BCUT2D eigenvalue weighted by Crippen LogP contribution is 2.38. The fraction of sp³-hybridized carbons (Fsp3) is 0.500. The van der Waals surface area contributed by atoms with Crippen LogP contribution < -0.4 is 11.1 Å². The number of ether oxygens (including phenoxy) is 1. The van der Waals surface area contributed by atoms with E-state index in [9.17, 15) is 9.59 Å². The number of methoxy groups -OCH3 is 1. The Bertz CT molecular complexity index is 571. The molecule has 2 unspecified atom stereocenters. The standard InChI is InChI=1S/C16H22N2O3/c1-10-11(14(19)21-3)6-4-7-12(10)18-15(20)16(2)9-5-8-13(16)17/h4,6-7,13H,5,8-9,17H2,1-3H3,(H,18,20). The van der Waals surface area contributed by atoms with Crippen LogP contribution in [0.3, 0.4) is 0 Å². The minimum absolute atomic E-state index is 0.0855. The lowest BCUT2D eigenvalue weighted by atomic mass is 9.84. The number of anilines is 1. The Balaban J connectivity index is 2.24. The predicted octanol–water partition coefficient (Wildman–Crippen LogP) is 2.24. The van der Waals surface area contributed by atoms with Crippen LogP contribution in [0.15, 0.2) is 18.2 Å². The number of amides is 1. The molecule has 0 radical (unpaired) electrons. The lowest BCUT2D eigenvalue weighted by Gasteiger charge is -2.28. The lowest BCUT2D eigenvalue weighted by Crippen LogP contribution is -2.44. The summed E-state index contributed by atoms with van der Waals surface area (Å²) in [6, 6.07) is 5.07. The van der Waals surface area contributed by atoms with Crippen LogP contribution in [0.2, 0.25) is 0 Å². The number of nitrogens with two attached hydrogens (primary N) is 1. The number of rotatable bonds is 3. The van der Waals surface area contributed by atoms with Crippen molar-refractivity contribution in [2.45, 2.75) is 39.2 Å². The average Bonchev–Trinajstić information content (AvgIpc) is 2.81. The zero-order valence-corrected chi connectivity index (χ0v) is 12.7. The van der Waals surface area contributed by atoms with Gasteiger partial charge in [0.15, 0.2) is 0 Å². The van der Waals surface area contributed by atoms with E-state index in [2.05, 4.69) is 5.32 Å². The maximum atomic E-state index is 12.5. The number of benzene rings is 1. The van der Waals surface area contributed by atoms with E-state index in [1.54, 1.807) is 25.1 Å². The van der Waals surface area contributed by atoms with Crippen LogP contribution >= 0.6 is 0 Å². The van der Waals surface area contributed by atoms with E-state index < -0.39 is 11.4 Å². The summed E-state index contributed by atoms with van der Waals surface area (Å²) >= 11 is 0. The number of hydrogen-bond donors (Lipinski definition) is 2. The molecule has 0 aliphatic heterocycles. The summed E-state index contributed by atoms with van der Waals surface area (Å²) in [5.74, 6) is -0.495. The van der Waals surface area contributed by atoms with Crippen molar-refractivity contribution in [1.29, 1.82) is 0 Å². The topological polar surface area (TPSA) is 81.4 Å². The van der Waals surface area contributed by atoms with Gasteiger partial charge in [0.2, 0.25) is 5.91 Å². The first-order valence-electron chi connectivity index (χ1n) is 7.15. The number of hydrogen-bond acceptors (Lipinski definition) is 4. The van der Waals surface area contributed by atoms with Crippen molar-refractivity contribution < 1.29 is 14.3 Å². The number of carbonyl (C=O) groups is 2. The highest BCUT2D eigenvalue weighted by Gasteiger charge is 2.43. The number of esters is 1. The molecular formula is C16H22N2O3. The minimum Gasteiger partial charge on any atom is -0.465 e. The van der Waals surface area contributed by atoms with Gasteiger partial charge in [0.1, 0.15) is 0 Å². The summed E-state index contributed by atoms with van der Waals surface area (Å²) < 4.78 is 4.74. The van der Waals surface area contributed by atoms with Crippen LogP contribution in [-0.4, -0.2) is 25.0 Å². The number of nitrogens with one attached hydrogen (secondary N) is 1. The molecule has 2 rings (SSSR count). The predicted molar refractivity (Wildman–Crippen MR) is 81.1 cm³/mol. The van der Waals surface area contributed by atoms with Crippen LogP contribution in [0, 0.1) is 12.3 Å². The second-order valence-electron chi connectivity index (χ2n) is 5.84. The van der Waals surface area contributed by atoms with Crippen molar-refractivity contribution in [2.24, 2.45) is 11.1 Å². The van der Waals surface area contributed by atoms with Crippen LogP contribution in [-0.2, 0) is 9.53 Å². The molecule has 2 atom stereocenters. The van der Waals surface area contributed by atoms with Crippen molar-refractivity contribution in [2.75, 3.05) is 12.4 Å². The highest BCUT2D eigenvalue weighted by molar-refractivity contribution is 5.99. The van der Waals surface area contributed by atoms with Gasteiger partial charge in [-0.3, -0.25) is 4.79 Å². The van der Waals surface area contributed by atoms with Gasteiger partial charge in [-0.1, -0.05) is 12.5 Å². The smallest absolute Gasteiger partial charge is 0.338 e. The Kier molecular flexibility index (Phi) is 4.32. The zero-order valence-electron chi connectivity index (χ0n) is 12.7. The van der Waals surface area contributed by atoms with Gasteiger partial charge >= 0.3 is 5.97 Å². The van der Waals surface area contributed by atoms with Gasteiger partial charge in [0.25, 0.3) is 0 Å². The van der Waals surface area contributed by atoms with Gasteiger partial charge in [-0.25, -0.2) is 4.79 Å². The van der Waals surface area contributed by atoms with E-state index in [4.69, 9.17) is 10.5 Å². The summed E-state index contributed by atoms with van der Waals surface area (Å²) in [6.07, 6.45) is 2.62. The van der Waals surface area contributed by atoms with E-state index in [0.29, 0.717) is 16.8 Å². The Hall–Kier alpha value is -1.88. The molecule has 5 heteroatoms. The molecule has 0 heterocycles. The summed E-state index contributed by atoms with van der Waals surface area (Å²) in [5.41, 5.74) is 7.31. The quantitative estimate of drug-likeness (QED) is 0.836. The van der Waals surface area contributed by atoms with Crippen molar-refractivity contribution >= 4 is 17.6 Å². The van der Waals surface area contributed by atoms with Crippen molar-refractivity contribution in [3.63, 3.8) is 0 Å². The van der Waals surface area contributed by atoms with E-state index in [-0.39, 0.29) is 11.9 Å². The van der Waals surface area contributed by atoms with E-state index in [1.807, 2.05) is 6.92 Å². The van der Waals surface area contributed by atoms with Crippen molar-refractivity contribution in [3.05, 3.63) is 29.3 Å². The Morgan fingerprint density at radius 1 is 1.43 bits per heavy atom. The van der Waals surface area contributed by atoms with Crippen LogP contribution in [0.4, 0.5) is 5.69 Å². The largest absolute Gasteiger partial charge is 0.465 e. The lowest BCUT2D eigenvalue weighted by molar-refractivity contribution is -0.125. The fourth-order valence-electron chi connectivity index (χ4n) is 2.84. The molecule has 3 N–H and O–H groups in total. The third-order valence-electron chi connectivity index (χ3n) is 4.54. The second-order valence-corrected chi connectivity index (χ2v) is 5.84. The van der Waals surface area contributed by atoms with Gasteiger partial charge in [-0.05, 0) is 44.4 Å². The van der Waals surface area contributed by atoms with Crippen molar-refractivity contribution in [3.8, 4) is 0 Å². The van der Waals surface area contributed by atoms with Gasteiger partial charge in [0.05, 0.1) is 18.1 Å². The Labute approximate surface area is 124 Å². The first kappa shape index (κ1) is 15.5. The minimum atomic E-state index is -0.548. The third kappa shape index (κ3) is 2.78. The Morgan fingerprint density at radius 3 is 2.71 bits per heavy atom. The molecule has 0 bridgehead atoms. The summed E-state index contributed by atoms with van der Waals surface area (Å²) in [6.45, 7) is 3.69. The molecule has 21 heavy (non-hydrogen) atoms. The monoisotopic (exact) mass is 290 g/mol. The first-order chi connectivity index (χ1) is 9.90. The van der Waals surface area contributed by atoms with Crippen LogP contribution in [0.1, 0.15) is 42.1 Å². The summed E-state index contributed by atoms with van der Waals surface area (Å²) in [5, 5.41) is 2.92. The highest BCUT2D eigenvalue weighted by atomic mass is 16.5. The molecule has 0 aromatic heterocycles. The molecular weight excluding hydrogens is 268 g/mol. The molecule has 1 aromatic carbocycles. The van der Waals surface area contributed by atoms with E-state index >= 15 is 0 Å². The first-order valence-corrected chi connectivity index (χ1v) is 7.15. The van der Waals surface area contributed by atoms with Gasteiger partial charge in [-0.15, -0.1) is 0 Å². The molecule has 0 saturated heterocycles. The van der Waals surface area contributed by atoms with E-state index in [1.165, 1.54) is 7.11 Å². The SMILES string of the molecule is COC(=O)c1cccc(NC(=O)C2(C)CCCC2N)c1C. The van der Waals surface area contributed by atoms with Gasteiger partial charge in [-0.2, -0.15) is 0 Å². The van der Waals surface area contributed by atoms with E-state index in [0.717, 1.165) is 19.3 Å². The van der Waals surface area contributed by atoms with Gasteiger partial charge in [0, 0.05) is 11.7 Å². The summed E-state index contributed by atoms with van der Waals surface area (Å²) in [7, 11) is 1.34. The third-order valence-corrected chi connectivity index (χ3v) is 4.54. The molecule has 1 fully saturated rings. The normalized spacial score (nSPS) is 24.7. The molecule has 1 aromatic rings. The molecule has 1 amide bonds. The molecule has 1 aliphatic carbocycles. The van der Waals surface area contributed by atoms with Crippen LogP contribution in [0.5, 0.6) is 0 Å². The fourth-order valence-corrected chi connectivity index (χ4v) is 2.84. The maximum absolute atomic E-state index is 12.5. The van der Waals surface area contributed by atoms with Gasteiger partial charge < -0.3 is 15.8 Å². The number of carbonyl (C=O) groups excluding carboxylic acids is 2.